The van der Waals surface area contributed by atoms with E-state index in [1.807, 2.05) is 0 Å². The van der Waals surface area contributed by atoms with Crippen LogP contribution >= 0.6 is 15.9 Å². The van der Waals surface area contributed by atoms with Gasteiger partial charge in [0.1, 0.15) is 0 Å². The second-order valence-electron chi connectivity index (χ2n) is 5.13. The van der Waals surface area contributed by atoms with Gasteiger partial charge in [0, 0.05) is 21.7 Å². The zero-order valence-corrected chi connectivity index (χ0v) is 15.4. The maximum absolute atomic E-state index is 12.0. The minimum Gasteiger partial charge on any atom is -0.504 e. The van der Waals surface area contributed by atoms with Crippen molar-refractivity contribution in [2.75, 3.05) is 6.61 Å². The summed E-state index contributed by atoms with van der Waals surface area (Å²) in [7, 11) is 0. The molecular formula is C17H16BrN3O5. The summed E-state index contributed by atoms with van der Waals surface area (Å²) in [5.74, 6) is -0.213. The number of ether oxygens (including phenoxy) is 1. The number of carbonyl (C=O) groups is 1. The smallest absolute Gasteiger partial charge is 0.273 e. The number of nitro groups is 1. The molecule has 1 amide bonds. The summed E-state index contributed by atoms with van der Waals surface area (Å²) in [6, 6.07) is 9.06. The first kappa shape index (κ1) is 19.4. The topological polar surface area (TPSA) is 114 Å². The number of nitrogens with one attached hydrogen (secondary N) is 1. The number of nitro benzene ring substituents is 1. The average Bonchev–Trinajstić information content (AvgIpc) is 2.59. The van der Waals surface area contributed by atoms with Crippen molar-refractivity contribution in [1.29, 1.82) is 0 Å². The molecule has 2 N–H and O–H groups in total. The molecule has 0 saturated heterocycles. The highest BCUT2D eigenvalue weighted by atomic mass is 79.9. The summed E-state index contributed by atoms with van der Waals surface area (Å²) in [4.78, 5) is 22.4. The predicted molar refractivity (Wildman–Crippen MR) is 99.5 cm³/mol. The van der Waals surface area contributed by atoms with Crippen molar-refractivity contribution in [3.05, 3.63) is 62.1 Å². The van der Waals surface area contributed by atoms with Gasteiger partial charge in [0.2, 0.25) is 5.91 Å². The molecule has 2 aromatic rings. The molecule has 0 spiro atoms. The number of benzene rings is 2. The van der Waals surface area contributed by atoms with Crippen LogP contribution in [0.2, 0.25) is 0 Å². The first-order chi connectivity index (χ1) is 12.4. The Morgan fingerprint density at radius 3 is 2.85 bits per heavy atom. The Bertz CT molecular complexity index is 854. The molecule has 136 valence electrons. The van der Waals surface area contributed by atoms with Crippen LogP contribution in [0.1, 0.15) is 18.1 Å². The standard InChI is InChI=1S/C17H16BrN3O5/c1-2-26-16-7-12(13(18)9-15(16)22)10-19-20-17(23)8-11-5-3-4-6-14(11)21(24)25/h3-7,9-10,22H,2,8H2,1H3,(H,20,23). The number of carbonyl (C=O) groups excluding carboxylic acids is 1. The minimum absolute atomic E-state index is 0.0173. The normalized spacial score (nSPS) is 10.7. The van der Waals surface area contributed by atoms with Crippen molar-refractivity contribution in [3.63, 3.8) is 0 Å². The Balaban J connectivity index is 2.06. The van der Waals surface area contributed by atoms with Crippen molar-refractivity contribution >= 4 is 33.7 Å². The second kappa shape index (κ2) is 8.95. The number of hydrogen-bond acceptors (Lipinski definition) is 6. The molecule has 0 unspecified atom stereocenters. The van der Waals surface area contributed by atoms with Crippen molar-refractivity contribution in [3.8, 4) is 11.5 Å². The van der Waals surface area contributed by atoms with E-state index in [9.17, 15) is 20.0 Å². The Morgan fingerprint density at radius 2 is 2.15 bits per heavy atom. The largest absolute Gasteiger partial charge is 0.504 e. The number of phenols is 1. The van der Waals surface area contributed by atoms with Crippen molar-refractivity contribution in [1.82, 2.24) is 5.43 Å². The zero-order valence-electron chi connectivity index (χ0n) is 13.8. The molecule has 0 aliphatic heterocycles. The minimum atomic E-state index is -0.533. The molecule has 0 bridgehead atoms. The number of rotatable bonds is 7. The molecular weight excluding hydrogens is 406 g/mol. The van der Waals surface area contributed by atoms with Gasteiger partial charge < -0.3 is 9.84 Å². The van der Waals surface area contributed by atoms with Crippen molar-refractivity contribution in [2.45, 2.75) is 13.3 Å². The number of phenolic OH excluding ortho intramolecular Hbond substituents is 1. The summed E-state index contributed by atoms with van der Waals surface area (Å²) in [5, 5.41) is 24.6. The number of amides is 1. The Hall–Kier alpha value is -2.94. The molecule has 26 heavy (non-hydrogen) atoms. The van der Waals surface area contributed by atoms with E-state index in [1.165, 1.54) is 30.5 Å². The van der Waals surface area contributed by atoms with Gasteiger partial charge in [0.05, 0.1) is 24.2 Å². The third kappa shape index (κ3) is 5.03. The predicted octanol–water partition coefficient (Wildman–Crippen LogP) is 3.15. The highest BCUT2D eigenvalue weighted by Gasteiger charge is 2.15. The highest BCUT2D eigenvalue weighted by Crippen LogP contribution is 2.31. The molecule has 0 saturated carbocycles. The summed E-state index contributed by atoms with van der Waals surface area (Å²) in [5.41, 5.74) is 3.09. The van der Waals surface area contributed by atoms with Gasteiger partial charge >= 0.3 is 0 Å². The average molecular weight is 422 g/mol. The molecule has 0 heterocycles. The lowest BCUT2D eigenvalue weighted by atomic mass is 10.1. The molecule has 2 aromatic carbocycles. The Morgan fingerprint density at radius 1 is 1.42 bits per heavy atom. The summed E-state index contributed by atoms with van der Waals surface area (Å²) in [6.07, 6.45) is 1.21. The number of hydrazone groups is 1. The third-order valence-electron chi connectivity index (χ3n) is 3.31. The molecule has 0 radical (unpaired) electrons. The van der Waals surface area contributed by atoms with Crippen molar-refractivity contribution in [2.24, 2.45) is 5.10 Å². The first-order valence-corrected chi connectivity index (χ1v) is 8.41. The maximum atomic E-state index is 12.0. The van der Waals surface area contributed by atoms with Gasteiger partial charge in [-0.05, 0) is 35.0 Å². The van der Waals surface area contributed by atoms with Gasteiger partial charge in [-0.3, -0.25) is 14.9 Å². The number of halogens is 1. The van der Waals surface area contributed by atoms with Crippen molar-refractivity contribution < 1.29 is 19.6 Å². The lowest BCUT2D eigenvalue weighted by Gasteiger charge is -2.08. The summed E-state index contributed by atoms with van der Waals surface area (Å²) >= 11 is 3.28. The van der Waals surface area contributed by atoms with Gasteiger partial charge in [0.15, 0.2) is 11.5 Å². The van der Waals surface area contributed by atoms with Crippen LogP contribution in [-0.4, -0.2) is 28.8 Å². The van der Waals surface area contributed by atoms with E-state index in [-0.39, 0.29) is 17.9 Å². The number of hydrogen-bond donors (Lipinski definition) is 2. The number of aromatic hydroxyl groups is 1. The third-order valence-corrected chi connectivity index (χ3v) is 4.00. The lowest BCUT2D eigenvalue weighted by molar-refractivity contribution is -0.385. The van der Waals surface area contributed by atoms with Gasteiger partial charge in [-0.1, -0.05) is 18.2 Å². The Kier molecular flexibility index (Phi) is 6.67. The molecule has 0 fully saturated rings. The van der Waals surface area contributed by atoms with Crippen LogP contribution in [0.4, 0.5) is 5.69 Å². The number of para-hydroxylation sites is 1. The fraction of sp³-hybridized carbons (Fsp3) is 0.176. The second-order valence-corrected chi connectivity index (χ2v) is 5.98. The van der Waals surface area contributed by atoms with Crippen LogP contribution in [0.3, 0.4) is 0 Å². The van der Waals surface area contributed by atoms with E-state index in [1.54, 1.807) is 19.1 Å². The molecule has 0 aliphatic carbocycles. The molecule has 0 aromatic heterocycles. The van der Waals surface area contributed by atoms with Crippen LogP contribution in [-0.2, 0) is 11.2 Å². The maximum Gasteiger partial charge on any atom is 0.273 e. The van der Waals surface area contributed by atoms with Gasteiger partial charge in [-0.2, -0.15) is 5.10 Å². The molecule has 2 rings (SSSR count). The van der Waals surface area contributed by atoms with Crippen LogP contribution in [0, 0.1) is 10.1 Å². The van der Waals surface area contributed by atoms with Gasteiger partial charge in [-0.15, -0.1) is 0 Å². The fourth-order valence-electron chi connectivity index (χ4n) is 2.15. The first-order valence-electron chi connectivity index (χ1n) is 7.62. The monoisotopic (exact) mass is 421 g/mol. The van der Waals surface area contributed by atoms with Crippen LogP contribution in [0.5, 0.6) is 11.5 Å². The van der Waals surface area contributed by atoms with Gasteiger partial charge in [-0.25, -0.2) is 5.43 Å². The SMILES string of the molecule is CCOc1cc(C=NNC(=O)Cc2ccccc2[N+](=O)[O-])c(Br)cc1O. The van der Waals surface area contributed by atoms with E-state index in [0.29, 0.717) is 28.0 Å². The van der Waals surface area contributed by atoms with E-state index < -0.39 is 10.8 Å². The molecule has 9 heteroatoms. The van der Waals surface area contributed by atoms with E-state index in [2.05, 4.69) is 26.5 Å². The van der Waals surface area contributed by atoms with Crippen LogP contribution in [0.15, 0.2) is 46.0 Å². The fourth-order valence-corrected chi connectivity index (χ4v) is 2.59. The quantitative estimate of drug-likeness (QED) is 0.404. The van der Waals surface area contributed by atoms with Crippen LogP contribution < -0.4 is 10.2 Å². The van der Waals surface area contributed by atoms with Crippen LogP contribution in [0.25, 0.3) is 0 Å². The molecule has 0 aliphatic rings. The molecule has 8 nitrogen and oxygen atoms in total. The van der Waals surface area contributed by atoms with Gasteiger partial charge in [0.25, 0.3) is 5.69 Å². The number of nitrogens with zero attached hydrogens (tertiary/aromatic N) is 2. The lowest BCUT2D eigenvalue weighted by Crippen LogP contribution is -2.20. The Labute approximate surface area is 157 Å². The summed E-state index contributed by atoms with van der Waals surface area (Å²) < 4.78 is 5.86. The highest BCUT2D eigenvalue weighted by molar-refractivity contribution is 9.10. The summed E-state index contributed by atoms with van der Waals surface area (Å²) in [6.45, 7) is 2.18. The zero-order chi connectivity index (χ0) is 19.1. The van der Waals surface area contributed by atoms with E-state index >= 15 is 0 Å². The van der Waals surface area contributed by atoms with E-state index in [4.69, 9.17) is 4.74 Å². The molecule has 0 atom stereocenters. The van der Waals surface area contributed by atoms with E-state index in [0.717, 1.165) is 0 Å².